The minimum atomic E-state index is -1.03. The Hall–Kier alpha value is -1.08. The fraction of sp³-hybridized carbons (Fsp3) is 0.364. The summed E-state index contributed by atoms with van der Waals surface area (Å²) in [5.74, 6) is -0.847. The average Bonchev–Trinajstić information content (AvgIpc) is 2.33. The first-order chi connectivity index (χ1) is 8.54. The first-order valence-corrected chi connectivity index (χ1v) is 7.38. The number of rotatable bonds is 6. The lowest BCUT2D eigenvalue weighted by atomic mass is 10.2. The van der Waals surface area contributed by atoms with Gasteiger partial charge in [0.2, 0.25) is 0 Å². The lowest BCUT2D eigenvalue weighted by Gasteiger charge is -2.13. The van der Waals surface area contributed by atoms with E-state index in [1.807, 2.05) is 6.26 Å². The Morgan fingerprint density at radius 2 is 2.28 bits per heavy atom. The summed E-state index contributed by atoms with van der Waals surface area (Å²) in [6.45, 7) is 0. The van der Waals surface area contributed by atoms with Gasteiger partial charge in [0.25, 0.3) is 5.91 Å². The molecule has 0 aliphatic rings. The minimum absolute atomic E-state index is 0.194. The van der Waals surface area contributed by atoms with Crippen molar-refractivity contribution in [2.45, 2.75) is 12.5 Å². The number of hydrogen-bond donors (Lipinski definition) is 2. The molecule has 1 amide bonds. The topological polar surface area (TPSA) is 79.3 Å². The van der Waals surface area contributed by atoms with Crippen molar-refractivity contribution >= 4 is 39.6 Å². The molecule has 0 aliphatic carbocycles. The maximum Gasteiger partial charge on any atom is 0.326 e. The minimum Gasteiger partial charge on any atom is -0.480 e. The summed E-state index contributed by atoms with van der Waals surface area (Å²) < 4.78 is 0.533. The van der Waals surface area contributed by atoms with Gasteiger partial charge < -0.3 is 10.4 Å². The molecule has 1 aromatic heterocycles. The number of aliphatic carboxylic acids is 1. The largest absolute Gasteiger partial charge is 0.480 e. The Labute approximate surface area is 117 Å². The standard InChI is InChI=1S/C11H13BrN2O3S/c1-18-6-5-8(11(16)17)14-10(15)7-3-2-4-9(12)13-7/h2-4,8H,5-6H2,1H3,(H,14,15)(H,16,17)/t8-/m1/s1. The van der Waals surface area contributed by atoms with E-state index >= 15 is 0 Å². The van der Waals surface area contributed by atoms with Crippen molar-refractivity contribution in [3.05, 3.63) is 28.5 Å². The predicted molar refractivity (Wildman–Crippen MR) is 73.8 cm³/mol. The zero-order valence-corrected chi connectivity index (χ0v) is 12.1. The van der Waals surface area contributed by atoms with Crippen molar-refractivity contribution < 1.29 is 14.7 Å². The third-order valence-electron chi connectivity index (χ3n) is 2.16. The molecule has 0 aliphatic heterocycles. The Morgan fingerprint density at radius 1 is 1.56 bits per heavy atom. The second-order valence-electron chi connectivity index (χ2n) is 3.49. The fourth-order valence-electron chi connectivity index (χ4n) is 1.26. The van der Waals surface area contributed by atoms with Crippen molar-refractivity contribution in [2.75, 3.05) is 12.0 Å². The van der Waals surface area contributed by atoms with Crippen LogP contribution in [0.4, 0.5) is 0 Å². The van der Waals surface area contributed by atoms with Crippen molar-refractivity contribution in [1.82, 2.24) is 10.3 Å². The van der Waals surface area contributed by atoms with E-state index in [4.69, 9.17) is 5.11 Å². The van der Waals surface area contributed by atoms with Gasteiger partial charge in [-0.2, -0.15) is 11.8 Å². The maximum absolute atomic E-state index is 11.8. The summed E-state index contributed by atoms with van der Waals surface area (Å²) in [7, 11) is 0. The molecule has 1 rings (SSSR count). The van der Waals surface area contributed by atoms with Crippen LogP contribution in [0.1, 0.15) is 16.9 Å². The molecule has 0 spiro atoms. The Balaban J connectivity index is 2.69. The Morgan fingerprint density at radius 3 is 2.83 bits per heavy atom. The molecule has 0 saturated carbocycles. The van der Waals surface area contributed by atoms with Crippen LogP contribution < -0.4 is 5.32 Å². The van der Waals surface area contributed by atoms with Gasteiger partial charge in [0, 0.05) is 0 Å². The van der Waals surface area contributed by atoms with Crippen LogP contribution in [-0.2, 0) is 4.79 Å². The van der Waals surface area contributed by atoms with E-state index in [2.05, 4.69) is 26.2 Å². The molecule has 1 aromatic rings. The second-order valence-corrected chi connectivity index (χ2v) is 5.29. The predicted octanol–water partition coefficient (Wildman–Crippen LogP) is 1.78. The molecule has 0 unspecified atom stereocenters. The lowest BCUT2D eigenvalue weighted by Crippen LogP contribution is -2.41. The van der Waals surface area contributed by atoms with Gasteiger partial charge in [-0.05, 0) is 46.5 Å². The number of carbonyl (C=O) groups excluding carboxylic acids is 1. The summed E-state index contributed by atoms with van der Waals surface area (Å²) in [5, 5.41) is 11.5. The highest BCUT2D eigenvalue weighted by Crippen LogP contribution is 2.07. The number of carboxylic acids is 1. The normalized spacial score (nSPS) is 11.9. The number of amides is 1. The third kappa shape index (κ3) is 4.66. The van der Waals surface area contributed by atoms with E-state index in [-0.39, 0.29) is 5.69 Å². The summed E-state index contributed by atoms with van der Waals surface area (Å²) in [6, 6.07) is 4.02. The fourth-order valence-corrected chi connectivity index (χ4v) is 2.08. The zero-order chi connectivity index (χ0) is 13.5. The second kappa shape index (κ2) is 7.38. The SMILES string of the molecule is CSCC[C@@H](NC(=O)c1cccc(Br)n1)C(=O)O. The molecule has 1 atom stereocenters. The maximum atomic E-state index is 11.8. The van der Waals surface area contributed by atoms with Gasteiger partial charge in [-0.15, -0.1) is 0 Å². The molecule has 1 heterocycles. The van der Waals surface area contributed by atoms with Crippen LogP contribution in [0.5, 0.6) is 0 Å². The molecular weight excluding hydrogens is 320 g/mol. The number of aromatic nitrogens is 1. The molecule has 0 fully saturated rings. The molecule has 7 heteroatoms. The number of nitrogens with zero attached hydrogens (tertiary/aromatic N) is 1. The molecule has 0 aromatic carbocycles. The van der Waals surface area contributed by atoms with Crippen molar-refractivity contribution in [3.63, 3.8) is 0 Å². The molecule has 2 N–H and O–H groups in total. The Bertz CT molecular complexity index is 442. The number of hydrogen-bond acceptors (Lipinski definition) is 4. The van der Waals surface area contributed by atoms with Crippen LogP contribution in [0.2, 0.25) is 0 Å². The highest BCUT2D eigenvalue weighted by molar-refractivity contribution is 9.10. The number of thioether (sulfide) groups is 1. The monoisotopic (exact) mass is 332 g/mol. The van der Waals surface area contributed by atoms with Gasteiger partial charge in [0.05, 0.1) is 0 Å². The van der Waals surface area contributed by atoms with Gasteiger partial charge in [0.1, 0.15) is 16.3 Å². The van der Waals surface area contributed by atoms with Gasteiger partial charge in [-0.3, -0.25) is 4.79 Å². The van der Waals surface area contributed by atoms with E-state index < -0.39 is 17.9 Å². The van der Waals surface area contributed by atoms with Gasteiger partial charge >= 0.3 is 5.97 Å². The van der Waals surface area contributed by atoms with Gasteiger partial charge in [0.15, 0.2) is 0 Å². The van der Waals surface area contributed by atoms with Crippen LogP contribution in [0.15, 0.2) is 22.8 Å². The van der Waals surface area contributed by atoms with Crippen molar-refractivity contribution in [3.8, 4) is 0 Å². The summed E-state index contributed by atoms with van der Waals surface area (Å²) in [4.78, 5) is 26.8. The third-order valence-corrected chi connectivity index (χ3v) is 3.25. The van der Waals surface area contributed by atoms with E-state index in [1.165, 1.54) is 17.8 Å². The lowest BCUT2D eigenvalue weighted by molar-refractivity contribution is -0.139. The smallest absolute Gasteiger partial charge is 0.326 e. The first-order valence-electron chi connectivity index (χ1n) is 5.19. The molecule has 0 radical (unpaired) electrons. The molecule has 18 heavy (non-hydrogen) atoms. The number of halogens is 1. The van der Waals surface area contributed by atoms with Crippen LogP contribution in [-0.4, -0.2) is 40.0 Å². The van der Waals surface area contributed by atoms with E-state index in [9.17, 15) is 9.59 Å². The number of pyridine rings is 1. The number of carboxylic acid groups (broad SMARTS) is 1. The molecule has 5 nitrogen and oxygen atoms in total. The summed E-state index contributed by atoms with van der Waals surface area (Å²) >= 11 is 4.69. The van der Waals surface area contributed by atoms with Crippen molar-refractivity contribution in [2.24, 2.45) is 0 Å². The number of carbonyl (C=O) groups is 2. The van der Waals surface area contributed by atoms with Gasteiger partial charge in [-0.25, -0.2) is 9.78 Å². The highest BCUT2D eigenvalue weighted by Gasteiger charge is 2.20. The quantitative estimate of drug-likeness (QED) is 0.776. The molecule has 0 saturated heterocycles. The van der Waals surface area contributed by atoms with Crippen LogP contribution in [0.25, 0.3) is 0 Å². The van der Waals surface area contributed by atoms with E-state index in [0.717, 1.165) is 0 Å². The Kier molecular flexibility index (Phi) is 6.14. The first kappa shape index (κ1) is 15.0. The molecule has 98 valence electrons. The molecule has 0 bridgehead atoms. The van der Waals surface area contributed by atoms with Gasteiger partial charge in [-0.1, -0.05) is 6.07 Å². The molecular formula is C11H13BrN2O3S. The van der Waals surface area contributed by atoms with Crippen molar-refractivity contribution in [1.29, 1.82) is 0 Å². The van der Waals surface area contributed by atoms with E-state index in [1.54, 1.807) is 12.1 Å². The number of nitrogens with one attached hydrogen (secondary N) is 1. The highest BCUT2D eigenvalue weighted by atomic mass is 79.9. The average molecular weight is 333 g/mol. The zero-order valence-electron chi connectivity index (χ0n) is 9.72. The van der Waals surface area contributed by atoms with E-state index in [0.29, 0.717) is 16.8 Å². The van der Waals surface area contributed by atoms with Crippen LogP contribution >= 0.6 is 27.7 Å². The summed E-state index contributed by atoms with van der Waals surface area (Å²) in [5.41, 5.74) is 0.194. The van der Waals surface area contributed by atoms with Crippen LogP contribution in [0, 0.1) is 0 Å². The van der Waals surface area contributed by atoms with Crippen LogP contribution in [0.3, 0.4) is 0 Å². The summed E-state index contributed by atoms with van der Waals surface area (Å²) in [6.07, 6.45) is 2.27.